The van der Waals surface area contributed by atoms with Crippen LogP contribution in [0.3, 0.4) is 0 Å². The highest BCUT2D eigenvalue weighted by atomic mass is 19.3. The highest BCUT2D eigenvalue weighted by Gasteiger charge is 2.40. The zero-order valence-corrected chi connectivity index (χ0v) is 39.0. The van der Waals surface area contributed by atoms with Crippen LogP contribution >= 0.6 is 0 Å². The molecule has 4 amide bonds. The third kappa shape index (κ3) is 9.95. The van der Waals surface area contributed by atoms with Crippen molar-refractivity contribution in [3.05, 3.63) is 70.8 Å². The van der Waals surface area contributed by atoms with Gasteiger partial charge in [-0.15, -0.1) is 0 Å². The topological polar surface area (TPSA) is 168 Å². The highest BCUT2D eigenvalue weighted by molar-refractivity contribution is 6.13. The molecule has 5 fully saturated rings. The van der Waals surface area contributed by atoms with Gasteiger partial charge in [0.2, 0.25) is 11.7 Å². The van der Waals surface area contributed by atoms with Crippen molar-refractivity contribution in [3.63, 3.8) is 0 Å². The van der Waals surface area contributed by atoms with Crippen molar-refractivity contribution in [2.24, 2.45) is 17.3 Å². The molecule has 1 atom stereocenters. The Morgan fingerprint density at radius 3 is 2.37 bits per heavy atom. The lowest BCUT2D eigenvalue weighted by atomic mass is 9.65. The number of alkyl halides is 2. The van der Waals surface area contributed by atoms with E-state index in [1.54, 1.807) is 23.0 Å². The standard InChI is InChI=1S/C49H62F2N10O6/c1-31-7-8-33(26-38(31)59-22-14-40(62)54-47(59)66)45(64)57-24-17-49(18-25-57)15-9-32(10-16-49)28-56-20-11-35(12-21-56)61-30-37(41(55-61)43(50)51)42(63)36-27-52-60-23-13-39(53-44(36)60)58-19-5-6-34(29-58)46(65)67-48(2,3)4/h7-8,13,23,26-27,30,32,34-35,43H,5-6,9-12,14-22,24-25,28-29H2,1-4H3,(H,54,62,66)/t34-/m0/s1. The van der Waals surface area contributed by atoms with Crippen molar-refractivity contribution in [3.8, 4) is 0 Å². The Bertz CT molecular complexity index is 2530. The maximum absolute atomic E-state index is 14.6. The number of aryl methyl sites for hydroxylation is 1. The molecule has 1 spiro atoms. The SMILES string of the molecule is Cc1ccc(C(=O)N2CCC3(CCC(CN4CCC(n5cc(C(=O)c6cnn7ccc(N8CCC[C@H](C(=O)OC(C)(C)C)C8)nc67)c(C(F)F)n5)CC4)CC3)CC2)cc1N1CCC(=O)NC1=O. The molecular formula is C49H62F2N10O6. The minimum atomic E-state index is -2.95. The largest absolute Gasteiger partial charge is 0.460 e. The first-order chi connectivity index (χ1) is 32.0. The van der Waals surface area contributed by atoms with E-state index in [0.717, 1.165) is 83.0 Å². The number of hydrogen-bond acceptors (Lipinski definition) is 11. The van der Waals surface area contributed by atoms with Crippen LogP contribution in [-0.4, -0.2) is 122 Å². The molecule has 0 bridgehead atoms. The van der Waals surface area contributed by atoms with Gasteiger partial charge in [0.15, 0.2) is 5.65 Å². The minimum absolute atomic E-state index is 0.0332. The normalized spacial score (nSPS) is 21.4. The number of fused-ring (bicyclic) bond motifs is 1. The van der Waals surface area contributed by atoms with Crippen LogP contribution in [0, 0.1) is 24.2 Å². The Kier molecular flexibility index (Phi) is 12.9. The third-order valence-corrected chi connectivity index (χ3v) is 14.8. The molecule has 3 aromatic heterocycles. The number of carbonyl (C=O) groups is 5. The monoisotopic (exact) mass is 924 g/mol. The van der Waals surface area contributed by atoms with Crippen LogP contribution in [0.5, 0.6) is 0 Å². The third-order valence-electron chi connectivity index (χ3n) is 14.8. The first-order valence-electron chi connectivity index (χ1n) is 24.0. The number of nitrogens with zero attached hydrogens (tertiary/aromatic N) is 9. The molecule has 0 radical (unpaired) electrons. The number of anilines is 2. The number of halogens is 2. The molecule has 358 valence electrons. The Hall–Kier alpha value is -5.78. The van der Waals surface area contributed by atoms with E-state index in [9.17, 15) is 32.8 Å². The lowest BCUT2D eigenvalue weighted by molar-refractivity contribution is -0.160. The van der Waals surface area contributed by atoms with E-state index >= 15 is 0 Å². The van der Waals surface area contributed by atoms with Crippen molar-refractivity contribution in [1.82, 2.24) is 39.5 Å². The Morgan fingerprint density at radius 2 is 1.67 bits per heavy atom. The maximum atomic E-state index is 14.6. The number of piperidine rings is 3. The Balaban J connectivity index is 0.769. The average molecular weight is 925 g/mol. The first kappa shape index (κ1) is 46.3. The number of ether oxygens (including phenoxy) is 1. The molecule has 1 N–H and O–H groups in total. The van der Waals surface area contributed by atoms with Crippen LogP contribution in [0.1, 0.15) is 141 Å². The van der Waals surface area contributed by atoms with E-state index in [4.69, 9.17) is 9.72 Å². The fourth-order valence-corrected chi connectivity index (χ4v) is 10.9. The number of esters is 1. The van der Waals surface area contributed by atoms with E-state index in [-0.39, 0.29) is 64.9 Å². The molecule has 18 heteroatoms. The lowest BCUT2D eigenvalue weighted by Gasteiger charge is -2.47. The second kappa shape index (κ2) is 18.7. The summed E-state index contributed by atoms with van der Waals surface area (Å²) in [5, 5.41) is 11.0. The van der Waals surface area contributed by atoms with Gasteiger partial charge in [-0.3, -0.25) is 34.1 Å². The van der Waals surface area contributed by atoms with Crippen LogP contribution in [0.4, 0.5) is 25.1 Å². The van der Waals surface area contributed by atoms with Gasteiger partial charge in [0.25, 0.3) is 12.3 Å². The average Bonchev–Trinajstić information content (AvgIpc) is 3.96. The fraction of sp³-hybridized carbons (Fsp3) is 0.592. The summed E-state index contributed by atoms with van der Waals surface area (Å²) in [5.74, 6) is -0.385. The Morgan fingerprint density at radius 1 is 0.925 bits per heavy atom. The summed E-state index contributed by atoms with van der Waals surface area (Å²) in [7, 11) is 0. The molecule has 4 saturated heterocycles. The molecule has 1 aliphatic carbocycles. The van der Waals surface area contributed by atoms with Crippen molar-refractivity contribution >= 4 is 46.8 Å². The van der Waals surface area contributed by atoms with Gasteiger partial charge in [0.1, 0.15) is 17.1 Å². The van der Waals surface area contributed by atoms with Crippen LogP contribution in [0.2, 0.25) is 0 Å². The van der Waals surface area contributed by atoms with Crippen molar-refractivity contribution < 1.29 is 37.5 Å². The Labute approximate surface area is 389 Å². The molecule has 1 saturated carbocycles. The maximum Gasteiger partial charge on any atom is 0.328 e. The van der Waals surface area contributed by atoms with Crippen LogP contribution in [0.15, 0.2) is 42.9 Å². The summed E-state index contributed by atoms with van der Waals surface area (Å²) in [5.41, 5.74) is 1.35. The van der Waals surface area contributed by atoms with Crippen molar-refractivity contribution in [1.29, 1.82) is 0 Å². The number of likely N-dealkylation sites (tertiary alicyclic amines) is 2. The predicted octanol–water partition coefficient (Wildman–Crippen LogP) is 7.16. The van der Waals surface area contributed by atoms with E-state index < -0.39 is 29.5 Å². The highest BCUT2D eigenvalue weighted by Crippen LogP contribution is 2.47. The van der Waals surface area contributed by atoms with Gasteiger partial charge in [0.05, 0.1) is 29.3 Å². The summed E-state index contributed by atoms with van der Waals surface area (Å²) in [6.45, 7) is 12.8. The van der Waals surface area contributed by atoms with Crippen LogP contribution < -0.4 is 15.1 Å². The van der Waals surface area contributed by atoms with Gasteiger partial charge < -0.3 is 19.4 Å². The smallest absolute Gasteiger partial charge is 0.328 e. The van der Waals surface area contributed by atoms with Gasteiger partial charge in [-0.2, -0.15) is 10.2 Å². The fourth-order valence-electron chi connectivity index (χ4n) is 10.9. The van der Waals surface area contributed by atoms with E-state index in [1.165, 1.54) is 21.8 Å². The lowest BCUT2D eigenvalue weighted by Crippen LogP contribution is -2.50. The summed E-state index contributed by atoms with van der Waals surface area (Å²) in [4.78, 5) is 77.6. The molecule has 67 heavy (non-hydrogen) atoms. The summed E-state index contributed by atoms with van der Waals surface area (Å²) in [6, 6.07) is 6.65. The van der Waals surface area contributed by atoms with Crippen molar-refractivity contribution in [2.75, 3.05) is 62.2 Å². The van der Waals surface area contributed by atoms with Crippen LogP contribution in [0.25, 0.3) is 5.65 Å². The van der Waals surface area contributed by atoms with Gasteiger partial charge >= 0.3 is 12.0 Å². The van der Waals surface area contributed by atoms with Crippen LogP contribution in [-0.2, 0) is 14.3 Å². The molecule has 4 aromatic rings. The minimum Gasteiger partial charge on any atom is -0.460 e. The number of urea groups is 1. The van der Waals surface area contributed by atoms with E-state index in [1.807, 2.05) is 49.6 Å². The number of imide groups is 1. The number of nitrogens with one attached hydrogen (secondary N) is 1. The van der Waals surface area contributed by atoms with Gasteiger partial charge in [0, 0.05) is 82.4 Å². The van der Waals surface area contributed by atoms with Gasteiger partial charge in [-0.05, 0) is 127 Å². The molecule has 4 aliphatic heterocycles. The van der Waals surface area contributed by atoms with Gasteiger partial charge in [-0.25, -0.2) is 23.1 Å². The number of ketones is 1. The summed E-state index contributed by atoms with van der Waals surface area (Å²) >= 11 is 0. The number of benzene rings is 1. The quantitative estimate of drug-likeness (QED) is 0.127. The number of aromatic nitrogens is 5. The van der Waals surface area contributed by atoms with Gasteiger partial charge in [-0.1, -0.05) is 6.07 Å². The van der Waals surface area contributed by atoms with Crippen molar-refractivity contribution in [2.45, 2.75) is 116 Å². The number of carbonyl (C=O) groups excluding carboxylic acids is 5. The summed E-state index contributed by atoms with van der Waals surface area (Å²) < 4.78 is 37.8. The zero-order valence-electron chi connectivity index (χ0n) is 39.0. The number of rotatable bonds is 10. The van der Waals surface area contributed by atoms with E-state index in [0.29, 0.717) is 55.6 Å². The summed E-state index contributed by atoms with van der Waals surface area (Å²) in [6.07, 6.45) is 11.2. The molecule has 16 nitrogen and oxygen atoms in total. The molecule has 0 unspecified atom stereocenters. The second-order valence-electron chi connectivity index (χ2n) is 20.5. The zero-order chi connectivity index (χ0) is 47.2. The molecule has 1 aromatic carbocycles. The van der Waals surface area contributed by atoms with E-state index in [2.05, 4.69) is 20.4 Å². The first-order valence-corrected chi connectivity index (χ1v) is 24.0. The molecule has 7 heterocycles. The number of hydrogen-bond donors (Lipinski definition) is 1. The molecular weight excluding hydrogens is 863 g/mol. The number of amides is 4. The second-order valence-corrected chi connectivity index (χ2v) is 20.5. The molecule has 9 rings (SSSR count). The predicted molar refractivity (Wildman–Crippen MR) is 245 cm³/mol. The molecule has 5 aliphatic rings.